The van der Waals surface area contributed by atoms with Crippen LogP contribution in [0.3, 0.4) is 0 Å². The van der Waals surface area contributed by atoms with Crippen molar-refractivity contribution in [3.63, 3.8) is 0 Å². The van der Waals surface area contributed by atoms with E-state index >= 15 is 0 Å². The molecule has 1 fully saturated rings. The first kappa shape index (κ1) is 14.0. The molecule has 1 amide bonds. The summed E-state index contributed by atoms with van der Waals surface area (Å²) in [5.41, 5.74) is -0.202. The van der Waals surface area contributed by atoms with Crippen LogP contribution in [0.1, 0.15) is 31.1 Å². The van der Waals surface area contributed by atoms with Crippen LogP contribution in [0.4, 0.5) is 0 Å². The third-order valence-electron chi connectivity index (χ3n) is 3.68. The van der Waals surface area contributed by atoms with E-state index in [0.29, 0.717) is 6.54 Å². The van der Waals surface area contributed by atoms with Gasteiger partial charge in [-0.05, 0) is 47.8 Å². The number of carbonyl (C=O) groups excluding carboxylic acids is 1. The van der Waals surface area contributed by atoms with E-state index in [1.54, 1.807) is 11.3 Å². The first-order chi connectivity index (χ1) is 8.66. The molecular weight excluding hydrogens is 312 g/mol. The molecule has 2 heterocycles. The standard InChI is InChI=1S/C13H19BrN2OS/c1-2-13(4-3-5-15-9-13)12(17)16-7-11-6-10(14)8-18-11/h6,8,15H,2-5,7,9H2,1H3,(H,16,17). The van der Waals surface area contributed by atoms with Crippen molar-refractivity contribution < 1.29 is 4.79 Å². The third kappa shape index (κ3) is 3.13. The average Bonchev–Trinajstić information content (AvgIpc) is 2.82. The van der Waals surface area contributed by atoms with Gasteiger partial charge < -0.3 is 10.6 Å². The third-order valence-corrected chi connectivity index (χ3v) is 5.37. The Kier molecular flexibility index (Phi) is 4.81. The SMILES string of the molecule is CCC1(C(=O)NCc2cc(Br)cs2)CCCNC1. The maximum Gasteiger partial charge on any atom is 0.227 e. The van der Waals surface area contributed by atoms with Gasteiger partial charge in [-0.3, -0.25) is 4.79 Å². The predicted octanol–water partition coefficient (Wildman–Crippen LogP) is 2.91. The van der Waals surface area contributed by atoms with E-state index in [9.17, 15) is 4.79 Å². The lowest BCUT2D eigenvalue weighted by atomic mass is 9.77. The van der Waals surface area contributed by atoms with E-state index < -0.39 is 0 Å². The van der Waals surface area contributed by atoms with E-state index in [0.717, 1.165) is 36.8 Å². The molecular formula is C13H19BrN2OS. The summed E-state index contributed by atoms with van der Waals surface area (Å²) >= 11 is 5.10. The second kappa shape index (κ2) is 6.17. The van der Waals surface area contributed by atoms with Crippen LogP contribution in [0.5, 0.6) is 0 Å². The van der Waals surface area contributed by atoms with Crippen molar-refractivity contribution in [2.45, 2.75) is 32.7 Å². The second-order valence-corrected chi connectivity index (χ2v) is 6.74. The zero-order valence-corrected chi connectivity index (χ0v) is 13.0. The average molecular weight is 331 g/mol. The van der Waals surface area contributed by atoms with Crippen LogP contribution in [0.15, 0.2) is 15.9 Å². The highest BCUT2D eigenvalue weighted by Crippen LogP contribution is 2.30. The molecule has 18 heavy (non-hydrogen) atoms. The molecule has 1 unspecified atom stereocenters. The summed E-state index contributed by atoms with van der Waals surface area (Å²) < 4.78 is 1.08. The van der Waals surface area contributed by atoms with Gasteiger partial charge in [0, 0.05) is 21.3 Å². The van der Waals surface area contributed by atoms with Crippen molar-refractivity contribution in [1.29, 1.82) is 0 Å². The van der Waals surface area contributed by atoms with Crippen molar-refractivity contribution in [3.8, 4) is 0 Å². The molecule has 1 atom stereocenters. The van der Waals surface area contributed by atoms with Crippen LogP contribution in [0, 0.1) is 5.41 Å². The Morgan fingerprint density at radius 3 is 3.06 bits per heavy atom. The largest absolute Gasteiger partial charge is 0.351 e. The van der Waals surface area contributed by atoms with Crippen LogP contribution in [-0.2, 0) is 11.3 Å². The van der Waals surface area contributed by atoms with Gasteiger partial charge in [0.1, 0.15) is 0 Å². The van der Waals surface area contributed by atoms with Crippen LogP contribution in [0.2, 0.25) is 0 Å². The molecule has 100 valence electrons. The highest BCUT2D eigenvalue weighted by atomic mass is 79.9. The Bertz CT molecular complexity index is 413. The molecule has 0 aromatic carbocycles. The summed E-state index contributed by atoms with van der Waals surface area (Å²) in [5, 5.41) is 8.47. The Hall–Kier alpha value is -0.390. The van der Waals surface area contributed by atoms with Crippen molar-refractivity contribution in [2.24, 2.45) is 5.41 Å². The predicted molar refractivity (Wildman–Crippen MR) is 78.7 cm³/mol. The zero-order valence-electron chi connectivity index (χ0n) is 10.6. The number of thiophene rings is 1. The Labute approximate surface area is 120 Å². The van der Waals surface area contributed by atoms with E-state index in [-0.39, 0.29) is 11.3 Å². The number of rotatable bonds is 4. The van der Waals surface area contributed by atoms with Crippen molar-refractivity contribution in [1.82, 2.24) is 10.6 Å². The number of nitrogens with one attached hydrogen (secondary N) is 2. The van der Waals surface area contributed by atoms with Crippen LogP contribution in [0.25, 0.3) is 0 Å². The zero-order chi connectivity index (χ0) is 13.0. The number of hydrogen-bond donors (Lipinski definition) is 2. The molecule has 1 saturated heterocycles. The molecule has 2 N–H and O–H groups in total. The number of halogens is 1. The maximum absolute atomic E-state index is 12.4. The van der Waals surface area contributed by atoms with Crippen molar-refractivity contribution in [3.05, 3.63) is 20.8 Å². The summed E-state index contributed by atoms with van der Waals surface area (Å²) in [6.07, 6.45) is 2.99. The van der Waals surface area contributed by atoms with E-state index in [2.05, 4.69) is 39.6 Å². The van der Waals surface area contributed by atoms with E-state index in [4.69, 9.17) is 0 Å². The second-order valence-electron chi connectivity index (χ2n) is 4.83. The van der Waals surface area contributed by atoms with Gasteiger partial charge in [0.2, 0.25) is 5.91 Å². The summed E-state index contributed by atoms with van der Waals surface area (Å²) in [7, 11) is 0. The smallest absolute Gasteiger partial charge is 0.227 e. The topological polar surface area (TPSA) is 41.1 Å². The summed E-state index contributed by atoms with van der Waals surface area (Å²) in [4.78, 5) is 13.6. The highest BCUT2D eigenvalue weighted by molar-refractivity contribution is 9.10. The van der Waals surface area contributed by atoms with Gasteiger partial charge in [-0.25, -0.2) is 0 Å². The van der Waals surface area contributed by atoms with Gasteiger partial charge >= 0.3 is 0 Å². The molecule has 0 aliphatic carbocycles. The first-order valence-electron chi connectivity index (χ1n) is 6.38. The molecule has 0 spiro atoms. The fourth-order valence-corrected chi connectivity index (χ4v) is 3.82. The maximum atomic E-state index is 12.4. The first-order valence-corrected chi connectivity index (χ1v) is 8.05. The molecule has 1 aromatic rings. The lowest BCUT2D eigenvalue weighted by molar-refractivity contribution is -0.132. The van der Waals surface area contributed by atoms with Crippen LogP contribution in [-0.4, -0.2) is 19.0 Å². The summed E-state index contributed by atoms with van der Waals surface area (Å²) in [6, 6.07) is 2.06. The molecule has 1 aliphatic rings. The molecule has 5 heteroatoms. The quantitative estimate of drug-likeness (QED) is 0.891. The molecule has 3 nitrogen and oxygen atoms in total. The lowest BCUT2D eigenvalue weighted by Gasteiger charge is -2.35. The fourth-order valence-electron chi connectivity index (χ4n) is 2.43. The molecule has 2 rings (SSSR count). The molecule has 0 bridgehead atoms. The number of piperidine rings is 1. The summed E-state index contributed by atoms with van der Waals surface area (Å²) in [5.74, 6) is 0.196. The minimum atomic E-state index is -0.202. The van der Waals surface area contributed by atoms with Crippen molar-refractivity contribution >= 4 is 33.2 Å². The Balaban J connectivity index is 1.93. The Morgan fingerprint density at radius 1 is 1.67 bits per heavy atom. The number of amides is 1. The van der Waals surface area contributed by atoms with Gasteiger partial charge in [-0.1, -0.05) is 6.92 Å². The highest BCUT2D eigenvalue weighted by Gasteiger charge is 2.37. The molecule has 0 saturated carbocycles. The minimum Gasteiger partial charge on any atom is -0.351 e. The van der Waals surface area contributed by atoms with E-state index in [1.165, 1.54) is 4.88 Å². The fraction of sp³-hybridized carbons (Fsp3) is 0.615. The molecule has 1 aromatic heterocycles. The normalized spacial score (nSPS) is 23.9. The van der Waals surface area contributed by atoms with Gasteiger partial charge in [0.15, 0.2) is 0 Å². The summed E-state index contributed by atoms with van der Waals surface area (Å²) in [6.45, 7) is 4.58. The van der Waals surface area contributed by atoms with Gasteiger partial charge in [-0.2, -0.15) is 0 Å². The number of hydrogen-bond acceptors (Lipinski definition) is 3. The van der Waals surface area contributed by atoms with Crippen LogP contribution < -0.4 is 10.6 Å². The molecule has 1 aliphatic heterocycles. The monoisotopic (exact) mass is 330 g/mol. The molecule has 0 radical (unpaired) electrons. The minimum absolute atomic E-state index is 0.196. The van der Waals surface area contributed by atoms with Crippen molar-refractivity contribution in [2.75, 3.05) is 13.1 Å². The van der Waals surface area contributed by atoms with Gasteiger partial charge in [0.25, 0.3) is 0 Å². The van der Waals surface area contributed by atoms with Crippen LogP contribution >= 0.6 is 27.3 Å². The Morgan fingerprint density at radius 2 is 2.50 bits per heavy atom. The number of carbonyl (C=O) groups is 1. The van der Waals surface area contributed by atoms with Gasteiger partial charge in [0.05, 0.1) is 12.0 Å². The van der Waals surface area contributed by atoms with Gasteiger partial charge in [-0.15, -0.1) is 11.3 Å². The lowest BCUT2D eigenvalue weighted by Crippen LogP contribution is -2.49. The van der Waals surface area contributed by atoms with E-state index in [1.807, 2.05) is 5.38 Å².